The summed E-state index contributed by atoms with van der Waals surface area (Å²) in [6, 6.07) is 0. The maximum atomic E-state index is 13.1. The van der Waals surface area contributed by atoms with Crippen molar-refractivity contribution < 1.29 is 52.4 Å². The Labute approximate surface area is 434 Å². The minimum absolute atomic E-state index is 0.0277. The summed E-state index contributed by atoms with van der Waals surface area (Å²) in [5.74, 6) is -1.35. The Morgan fingerprint density at radius 3 is 1.21 bits per heavy atom. The van der Waals surface area contributed by atoms with E-state index in [1.807, 2.05) is 0 Å². The third kappa shape index (κ3) is 42.2. The molecule has 1 rings (SSSR count). The van der Waals surface area contributed by atoms with Gasteiger partial charge >= 0.3 is 30.0 Å². The van der Waals surface area contributed by atoms with Crippen molar-refractivity contribution in [2.24, 2.45) is 0 Å². The fourth-order valence-corrected chi connectivity index (χ4v) is 9.32. The molecule has 3 unspecified atom stereocenters. The van der Waals surface area contributed by atoms with Crippen LogP contribution in [0.25, 0.3) is 0 Å². The quantitative estimate of drug-likeness (QED) is 0.0325. The number of ether oxygens (including phenoxy) is 6. The van der Waals surface area contributed by atoms with Crippen molar-refractivity contribution in [1.82, 2.24) is 4.90 Å². The molecule has 0 spiro atoms. The zero-order valence-electron chi connectivity index (χ0n) is 46.4. The molecule has 0 aliphatic carbocycles. The highest BCUT2D eigenvalue weighted by atomic mass is 16.7. The van der Waals surface area contributed by atoms with Crippen LogP contribution in [-0.2, 0) is 47.6 Å². The van der Waals surface area contributed by atoms with Crippen LogP contribution in [0.2, 0.25) is 0 Å². The number of hydrogen-bond donors (Lipinski definition) is 0. The van der Waals surface area contributed by atoms with Crippen LogP contribution in [0.5, 0.6) is 0 Å². The van der Waals surface area contributed by atoms with E-state index < -0.39 is 24.2 Å². The summed E-state index contributed by atoms with van der Waals surface area (Å²) in [7, 11) is 0. The molecular formula is C59H109NO11. The standard InChI is InChI=1S/C59H109NO11/c1-5-9-13-17-21-29-40-52(38-27-15-11-7-3)69-56(62)42-31-23-19-25-35-49-66-55(61)45-44-54(71-59(65)68-51-37-48-60-46-33-34-47-60)58(64)67-50-36-26-20-24-32-43-57(63)70-53(39-28-16-12-8-4)41-30-22-18-14-10-6-2/h52-54H,5-51H2,1-4H3. The number of carbonyl (C=O) groups is 5. The highest BCUT2D eigenvalue weighted by Crippen LogP contribution is 2.20. The molecule has 12 heteroatoms. The number of likely N-dealkylation sites (tertiary alicyclic amines) is 1. The lowest BCUT2D eigenvalue weighted by Crippen LogP contribution is -2.31. The summed E-state index contributed by atoms with van der Waals surface area (Å²) < 4.78 is 33.6. The van der Waals surface area contributed by atoms with E-state index in [9.17, 15) is 24.0 Å². The molecule has 0 aromatic carbocycles. The number of unbranched alkanes of at least 4 members (excludes halogenated alkanes) is 24. The predicted molar refractivity (Wildman–Crippen MR) is 286 cm³/mol. The second kappa shape index (κ2) is 49.3. The number of rotatable bonds is 51. The summed E-state index contributed by atoms with van der Waals surface area (Å²) in [4.78, 5) is 66.3. The van der Waals surface area contributed by atoms with Gasteiger partial charge in [0.1, 0.15) is 12.2 Å². The average Bonchev–Trinajstić information content (AvgIpc) is 3.89. The van der Waals surface area contributed by atoms with Gasteiger partial charge in [-0.05, 0) is 109 Å². The fraction of sp³-hybridized carbons (Fsp3) is 0.915. The highest BCUT2D eigenvalue weighted by molar-refractivity contribution is 5.78. The van der Waals surface area contributed by atoms with Crippen LogP contribution in [0, 0.1) is 0 Å². The van der Waals surface area contributed by atoms with E-state index >= 15 is 0 Å². The Hall–Kier alpha value is -2.89. The van der Waals surface area contributed by atoms with Gasteiger partial charge in [-0.2, -0.15) is 0 Å². The molecule has 1 aliphatic heterocycles. The van der Waals surface area contributed by atoms with E-state index in [1.54, 1.807) is 0 Å². The Morgan fingerprint density at radius 1 is 0.366 bits per heavy atom. The molecule has 416 valence electrons. The summed E-state index contributed by atoms with van der Waals surface area (Å²) in [6.07, 6.45) is 37.9. The molecule has 0 radical (unpaired) electrons. The van der Waals surface area contributed by atoms with Crippen LogP contribution < -0.4 is 0 Å². The minimum Gasteiger partial charge on any atom is -0.466 e. The van der Waals surface area contributed by atoms with Crippen molar-refractivity contribution in [3.8, 4) is 0 Å². The highest BCUT2D eigenvalue weighted by Gasteiger charge is 2.27. The second-order valence-electron chi connectivity index (χ2n) is 20.6. The normalized spacial score (nSPS) is 13.9. The van der Waals surface area contributed by atoms with E-state index in [4.69, 9.17) is 28.4 Å². The van der Waals surface area contributed by atoms with Crippen molar-refractivity contribution in [1.29, 1.82) is 0 Å². The average molecular weight is 1010 g/mol. The third-order valence-electron chi connectivity index (χ3n) is 13.8. The lowest BCUT2D eigenvalue weighted by atomic mass is 10.0. The Bertz CT molecular complexity index is 1270. The van der Waals surface area contributed by atoms with Crippen LogP contribution in [0.4, 0.5) is 4.79 Å². The maximum absolute atomic E-state index is 13.1. The van der Waals surface area contributed by atoms with Crippen molar-refractivity contribution in [3.05, 3.63) is 0 Å². The maximum Gasteiger partial charge on any atom is 0.509 e. The molecule has 0 N–H and O–H groups in total. The first-order valence-corrected chi connectivity index (χ1v) is 30.0. The minimum atomic E-state index is -1.28. The number of hydrogen-bond acceptors (Lipinski definition) is 12. The molecule has 1 heterocycles. The van der Waals surface area contributed by atoms with Gasteiger partial charge in [-0.15, -0.1) is 0 Å². The third-order valence-corrected chi connectivity index (χ3v) is 13.8. The first-order valence-electron chi connectivity index (χ1n) is 30.0. The van der Waals surface area contributed by atoms with Gasteiger partial charge in [-0.1, -0.05) is 169 Å². The summed E-state index contributed by atoms with van der Waals surface area (Å²) in [5, 5.41) is 0. The van der Waals surface area contributed by atoms with Gasteiger partial charge in [-0.3, -0.25) is 14.4 Å². The molecule has 0 aromatic heterocycles. The van der Waals surface area contributed by atoms with E-state index in [0.29, 0.717) is 32.1 Å². The SMILES string of the molecule is CCCCCCCCC(CCCCCC)OC(=O)CCCCCCCOC(=O)CCC(OC(=O)OCCCN1CCCC1)C(=O)OCCCCCCCC(=O)OC(CCCCCC)CCCCCCCC. The molecule has 1 aliphatic rings. The van der Waals surface area contributed by atoms with Gasteiger partial charge in [0.15, 0.2) is 0 Å². The van der Waals surface area contributed by atoms with Crippen molar-refractivity contribution >= 4 is 30.0 Å². The second-order valence-corrected chi connectivity index (χ2v) is 20.6. The molecular weight excluding hydrogens is 899 g/mol. The largest absolute Gasteiger partial charge is 0.509 e. The van der Waals surface area contributed by atoms with Crippen molar-refractivity contribution in [2.45, 2.75) is 309 Å². The topological polar surface area (TPSA) is 144 Å². The molecule has 0 amide bonds. The molecule has 0 aromatic rings. The number of carbonyl (C=O) groups excluding carboxylic acids is 5. The zero-order chi connectivity index (χ0) is 51.7. The van der Waals surface area contributed by atoms with Crippen molar-refractivity contribution in [3.63, 3.8) is 0 Å². The Balaban J connectivity index is 2.42. The molecule has 71 heavy (non-hydrogen) atoms. The lowest BCUT2D eigenvalue weighted by Gasteiger charge is -2.18. The first-order chi connectivity index (χ1) is 34.7. The van der Waals surface area contributed by atoms with Gasteiger partial charge in [0.2, 0.25) is 6.10 Å². The van der Waals surface area contributed by atoms with Crippen molar-refractivity contribution in [2.75, 3.05) is 39.5 Å². The van der Waals surface area contributed by atoms with E-state index in [1.165, 1.54) is 116 Å². The van der Waals surface area contributed by atoms with Gasteiger partial charge in [-0.25, -0.2) is 9.59 Å². The van der Waals surface area contributed by atoms with Gasteiger partial charge < -0.3 is 33.3 Å². The molecule has 0 saturated carbocycles. The van der Waals surface area contributed by atoms with E-state index in [0.717, 1.165) is 122 Å². The van der Waals surface area contributed by atoms with Crippen LogP contribution in [0.15, 0.2) is 0 Å². The molecule has 0 bridgehead atoms. The Kier molecular flexibility index (Phi) is 45.9. The van der Waals surface area contributed by atoms with Crippen LogP contribution in [0.3, 0.4) is 0 Å². The molecule has 3 atom stereocenters. The van der Waals surface area contributed by atoms with Gasteiger partial charge in [0.05, 0.1) is 19.8 Å². The molecule has 1 saturated heterocycles. The Morgan fingerprint density at radius 2 is 0.746 bits per heavy atom. The number of nitrogens with zero attached hydrogens (tertiary/aromatic N) is 1. The van der Waals surface area contributed by atoms with Gasteiger partial charge in [0, 0.05) is 32.2 Å². The molecule has 12 nitrogen and oxygen atoms in total. The predicted octanol–water partition coefficient (Wildman–Crippen LogP) is 15.8. The summed E-state index contributed by atoms with van der Waals surface area (Å²) >= 11 is 0. The monoisotopic (exact) mass is 1010 g/mol. The lowest BCUT2D eigenvalue weighted by molar-refractivity contribution is -0.157. The van der Waals surface area contributed by atoms with E-state index in [-0.39, 0.29) is 56.8 Å². The van der Waals surface area contributed by atoms with Gasteiger partial charge in [0.25, 0.3) is 0 Å². The van der Waals surface area contributed by atoms with Crippen LogP contribution in [-0.4, -0.2) is 92.7 Å². The smallest absolute Gasteiger partial charge is 0.466 e. The van der Waals surface area contributed by atoms with Crippen LogP contribution in [0.1, 0.15) is 291 Å². The fourth-order valence-electron chi connectivity index (χ4n) is 9.32. The van der Waals surface area contributed by atoms with E-state index in [2.05, 4.69) is 32.6 Å². The summed E-state index contributed by atoms with van der Waals surface area (Å²) in [5.41, 5.74) is 0. The number of esters is 4. The zero-order valence-corrected chi connectivity index (χ0v) is 46.4. The first kappa shape index (κ1) is 66.1. The molecule has 1 fully saturated rings. The van der Waals surface area contributed by atoms with Crippen LogP contribution >= 0.6 is 0 Å². The summed E-state index contributed by atoms with van der Waals surface area (Å²) in [6.45, 7) is 12.4.